The molecule has 0 fully saturated rings. The molecule has 0 saturated heterocycles. The Morgan fingerprint density at radius 2 is 2.35 bits per heavy atom. The van der Waals surface area contributed by atoms with Gasteiger partial charge in [0.25, 0.3) is 0 Å². The fraction of sp³-hybridized carbons (Fsp3) is 0.462. The summed E-state index contributed by atoms with van der Waals surface area (Å²) in [5, 5.41) is 2.78. The Labute approximate surface area is 117 Å². The zero-order valence-electron chi connectivity index (χ0n) is 11.9. The predicted octanol–water partition coefficient (Wildman–Crippen LogP) is 0.646. The third-order valence-electron chi connectivity index (χ3n) is 3.07. The van der Waals surface area contributed by atoms with E-state index in [0.29, 0.717) is 24.3 Å². The zero-order valence-corrected chi connectivity index (χ0v) is 11.9. The molecular weight excluding hydrogens is 258 g/mol. The van der Waals surface area contributed by atoms with Crippen LogP contribution >= 0.6 is 0 Å². The molecule has 0 radical (unpaired) electrons. The Morgan fingerprint density at radius 1 is 1.60 bits per heavy atom. The summed E-state index contributed by atoms with van der Waals surface area (Å²) >= 11 is 0. The summed E-state index contributed by atoms with van der Waals surface area (Å²) in [6, 6.07) is 1.41. The number of aryl methyl sites for hydroxylation is 1. The molecule has 2 aromatic rings. The number of anilines is 1. The lowest BCUT2D eigenvalue weighted by atomic mass is 10.3. The molecule has 2 heterocycles. The maximum Gasteiger partial charge on any atom is 0.243 e. The van der Waals surface area contributed by atoms with Gasteiger partial charge in [-0.25, -0.2) is 9.97 Å². The van der Waals surface area contributed by atoms with Gasteiger partial charge < -0.3 is 15.8 Å². The van der Waals surface area contributed by atoms with E-state index in [1.807, 2.05) is 13.0 Å². The number of ether oxygens (including phenoxy) is 1. The highest BCUT2D eigenvalue weighted by Crippen LogP contribution is 2.21. The summed E-state index contributed by atoms with van der Waals surface area (Å²) < 4.78 is 6.53. The number of aromatic nitrogens is 3. The van der Waals surface area contributed by atoms with Crippen LogP contribution in [0.5, 0.6) is 0 Å². The summed E-state index contributed by atoms with van der Waals surface area (Å²) in [6.45, 7) is 4.62. The van der Waals surface area contributed by atoms with Gasteiger partial charge in [-0.3, -0.25) is 9.36 Å². The zero-order chi connectivity index (χ0) is 14.7. The lowest BCUT2D eigenvalue weighted by molar-refractivity contribution is -0.123. The van der Waals surface area contributed by atoms with Gasteiger partial charge in [0.2, 0.25) is 11.9 Å². The van der Waals surface area contributed by atoms with Crippen LogP contribution in [0.4, 0.5) is 5.95 Å². The second-order valence-electron chi connectivity index (χ2n) is 4.66. The van der Waals surface area contributed by atoms with Crippen LogP contribution in [0.15, 0.2) is 12.3 Å². The number of carbonyl (C=O) groups is 1. The number of fused-ring (bicyclic) bond motifs is 1. The molecule has 20 heavy (non-hydrogen) atoms. The van der Waals surface area contributed by atoms with Crippen molar-refractivity contribution in [3.05, 3.63) is 17.8 Å². The molecule has 108 valence electrons. The molecule has 0 aliphatic rings. The number of rotatable bonds is 5. The molecule has 0 bridgehead atoms. The van der Waals surface area contributed by atoms with Gasteiger partial charge in [0, 0.05) is 19.9 Å². The van der Waals surface area contributed by atoms with Gasteiger partial charge in [-0.2, -0.15) is 0 Å². The summed E-state index contributed by atoms with van der Waals surface area (Å²) in [7, 11) is 1.59. The Hall–Kier alpha value is -2.15. The number of nitrogens with one attached hydrogen (secondary N) is 1. The number of pyridine rings is 1. The lowest BCUT2D eigenvalue weighted by Gasteiger charge is -2.15. The molecular formula is C13H19N5O2. The van der Waals surface area contributed by atoms with E-state index in [9.17, 15) is 4.79 Å². The molecule has 0 aliphatic carbocycles. The monoisotopic (exact) mass is 277 g/mol. The van der Waals surface area contributed by atoms with Gasteiger partial charge in [0.1, 0.15) is 11.6 Å². The van der Waals surface area contributed by atoms with Crippen molar-refractivity contribution in [1.29, 1.82) is 0 Å². The Balaban J connectivity index is 2.27. The molecule has 0 spiro atoms. The van der Waals surface area contributed by atoms with Crippen LogP contribution in [-0.2, 0) is 9.53 Å². The number of nitrogen functional groups attached to an aromatic ring is 1. The number of nitrogens with zero attached hydrogens (tertiary/aromatic N) is 3. The van der Waals surface area contributed by atoms with E-state index < -0.39 is 6.04 Å². The predicted molar refractivity (Wildman–Crippen MR) is 76.3 cm³/mol. The van der Waals surface area contributed by atoms with Crippen LogP contribution in [0.1, 0.15) is 18.5 Å². The number of amides is 1. The Kier molecular flexibility index (Phi) is 4.19. The van der Waals surface area contributed by atoms with Gasteiger partial charge >= 0.3 is 0 Å². The largest absolute Gasteiger partial charge is 0.383 e. The lowest BCUT2D eigenvalue weighted by Crippen LogP contribution is -2.33. The van der Waals surface area contributed by atoms with Gasteiger partial charge in [0.15, 0.2) is 5.65 Å². The van der Waals surface area contributed by atoms with Crippen molar-refractivity contribution >= 4 is 23.0 Å². The Bertz CT molecular complexity index is 622. The maximum absolute atomic E-state index is 12.1. The van der Waals surface area contributed by atoms with Crippen molar-refractivity contribution in [3.8, 4) is 0 Å². The molecule has 2 rings (SSSR count). The van der Waals surface area contributed by atoms with Crippen molar-refractivity contribution in [3.63, 3.8) is 0 Å². The highest BCUT2D eigenvalue weighted by atomic mass is 16.5. The van der Waals surface area contributed by atoms with Crippen molar-refractivity contribution < 1.29 is 9.53 Å². The molecule has 7 heteroatoms. The van der Waals surface area contributed by atoms with Crippen LogP contribution in [0, 0.1) is 6.92 Å². The average Bonchev–Trinajstić information content (AvgIpc) is 2.73. The summed E-state index contributed by atoms with van der Waals surface area (Å²) in [5.74, 6) is 0.142. The summed E-state index contributed by atoms with van der Waals surface area (Å²) in [6.07, 6.45) is 1.73. The molecule has 7 nitrogen and oxygen atoms in total. The number of imidazole rings is 1. The standard InChI is InChI=1S/C13H19N5O2/c1-8-6-10-11(16-7-8)18(13(14)17-10)9(2)12(19)15-4-5-20-3/h6-7,9H,4-5H2,1-3H3,(H2,14,17)(H,15,19). The van der Waals surface area contributed by atoms with Crippen molar-refractivity contribution in [2.75, 3.05) is 26.0 Å². The van der Waals surface area contributed by atoms with Gasteiger partial charge in [0.05, 0.1) is 6.61 Å². The van der Waals surface area contributed by atoms with E-state index in [1.54, 1.807) is 24.8 Å². The smallest absolute Gasteiger partial charge is 0.243 e. The third-order valence-corrected chi connectivity index (χ3v) is 3.07. The van der Waals surface area contributed by atoms with E-state index in [1.165, 1.54) is 0 Å². The summed E-state index contributed by atoms with van der Waals surface area (Å²) in [4.78, 5) is 20.6. The molecule has 0 aliphatic heterocycles. The van der Waals surface area contributed by atoms with Gasteiger partial charge in [-0.15, -0.1) is 0 Å². The second-order valence-corrected chi connectivity index (χ2v) is 4.66. The number of carbonyl (C=O) groups excluding carboxylic acids is 1. The maximum atomic E-state index is 12.1. The number of nitrogens with two attached hydrogens (primary N) is 1. The third kappa shape index (κ3) is 2.72. The fourth-order valence-electron chi connectivity index (χ4n) is 2.02. The number of methoxy groups -OCH3 is 1. The number of hydrogen-bond donors (Lipinski definition) is 2. The van der Waals surface area contributed by atoms with E-state index >= 15 is 0 Å². The minimum atomic E-state index is -0.480. The highest BCUT2D eigenvalue weighted by molar-refractivity contribution is 5.84. The van der Waals surface area contributed by atoms with Crippen LogP contribution in [0.3, 0.4) is 0 Å². The van der Waals surface area contributed by atoms with Gasteiger partial charge in [-0.05, 0) is 25.5 Å². The average molecular weight is 277 g/mol. The SMILES string of the molecule is COCCNC(=O)C(C)n1c(N)nc2cc(C)cnc21. The molecule has 2 aromatic heterocycles. The molecule has 1 unspecified atom stereocenters. The highest BCUT2D eigenvalue weighted by Gasteiger charge is 2.20. The normalized spacial score (nSPS) is 12.6. The van der Waals surface area contributed by atoms with Crippen molar-refractivity contribution in [2.45, 2.75) is 19.9 Å². The topological polar surface area (TPSA) is 95.1 Å². The van der Waals surface area contributed by atoms with E-state index in [-0.39, 0.29) is 11.9 Å². The quantitative estimate of drug-likeness (QED) is 0.782. The molecule has 1 atom stereocenters. The van der Waals surface area contributed by atoms with E-state index in [2.05, 4.69) is 15.3 Å². The van der Waals surface area contributed by atoms with Crippen LogP contribution < -0.4 is 11.1 Å². The van der Waals surface area contributed by atoms with E-state index in [0.717, 1.165) is 5.56 Å². The first-order valence-electron chi connectivity index (χ1n) is 6.41. The molecule has 0 saturated carbocycles. The van der Waals surface area contributed by atoms with Crippen LogP contribution in [0.25, 0.3) is 11.2 Å². The minimum Gasteiger partial charge on any atom is -0.383 e. The van der Waals surface area contributed by atoms with E-state index in [4.69, 9.17) is 10.5 Å². The van der Waals surface area contributed by atoms with Crippen LogP contribution in [0.2, 0.25) is 0 Å². The molecule has 1 amide bonds. The first-order chi connectivity index (χ1) is 9.54. The summed E-state index contributed by atoms with van der Waals surface area (Å²) in [5.41, 5.74) is 8.21. The van der Waals surface area contributed by atoms with Crippen LogP contribution in [-0.4, -0.2) is 40.7 Å². The Morgan fingerprint density at radius 3 is 3.05 bits per heavy atom. The molecule has 3 N–H and O–H groups in total. The first-order valence-corrected chi connectivity index (χ1v) is 6.41. The van der Waals surface area contributed by atoms with Crippen molar-refractivity contribution in [2.24, 2.45) is 0 Å². The van der Waals surface area contributed by atoms with Gasteiger partial charge in [-0.1, -0.05) is 0 Å². The molecule has 0 aromatic carbocycles. The fourth-order valence-corrected chi connectivity index (χ4v) is 2.02. The minimum absolute atomic E-state index is 0.143. The first kappa shape index (κ1) is 14.3. The number of hydrogen-bond acceptors (Lipinski definition) is 5. The van der Waals surface area contributed by atoms with Crippen molar-refractivity contribution in [1.82, 2.24) is 19.9 Å². The second kappa shape index (κ2) is 5.87.